The molecule has 0 spiro atoms. The average molecular weight is 683 g/mol. The fraction of sp³-hybridized carbons (Fsp3) is 0.130. The highest BCUT2D eigenvalue weighted by atomic mass is 79.9. The Balaban J connectivity index is 1.12. The van der Waals surface area contributed by atoms with Crippen molar-refractivity contribution in [2.24, 2.45) is 0 Å². The molecule has 2 aliphatic rings. The summed E-state index contributed by atoms with van der Waals surface area (Å²) in [6.07, 6.45) is 0. The van der Waals surface area contributed by atoms with Crippen LogP contribution >= 0.6 is 15.9 Å². The van der Waals surface area contributed by atoms with Crippen LogP contribution in [0, 0.1) is 0 Å². The second-order valence-electron chi connectivity index (χ2n) is 14.3. The number of fused-ring (bicyclic) bond motifs is 8. The molecule has 0 N–H and O–H groups in total. The highest BCUT2D eigenvalue weighted by Gasteiger charge is 2.38. The van der Waals surface area contributed by atoms with Gasteiger partial charge in [-0.15, -0.1) is 0 Å². The summed E-state index contributed by atoms with van der Waals surface area (Å²) in [5, 5.41) is 2.57. The van der Waals surface area contributed by atoms with Crippen LogP contribution in [0.15, 0.2) is 150 Å². The number of hydrogen-bond donors (Lipinski definition) is 0. The highest BCUT2D eigenvalue weighted by Crippen LogP contribution is 2.54. The SMILES string of the molecule is CC1(C)c2ccccc2-c2ccc(N(c3ccccc3)c3ccc(-c4ccc5c(c4)C(C)(C)c4cc(Br)c6ccccc6c4-5)cc3)cc21. The summed E-state index contributed by atoms with van der Waals surface area (Å²) < 4.78 is 1.16. The van der Waals surface area contributed by atoms with Crippen molar-refractivity contribution in [2.45, 2.75) is 38.5 Å². The van der Waals surface area contributed by atoms with E-state index >= 15 is 0 Å². The number of para-hydroxylation sites is 1. The summed E-state index contributed by atoms with van der Waals surface area (Å²) in [5.41, 5.74) is 16.7. The standard InChI is InChI=1S/C46H36BrN/c1-45(2)39-17-11-10-14-34(39)35-25-23-33(27-41(35)45)48(31-12-6-5-7-13-31)32-21-18-29(19-22-32)30-20-24-38-40(26-30)46(3,4)42-28-43(47)36-15-8-9-16-37(36)44(38)42/h5-28H,1-4H3. The van der Waals surface area contributed by atoms with E-state index < -0.39 is 0 Å². The predicted octanol–water partition coefficient (Wildman–Crippen LogP) is 13.4. The second kappa shape index (κ2) is 10.5. The van der Waals surface area contributed by atoms with Gasteiger partial charge in [0.2, 0.25) is 0 Å². The largest absolute Gasteiger partial charge is 0.310 e. The molecule has 0 radical (unpaired) electrons. The van der Waals surface area contributed by atoms with Crippen molar-refractivity contribution in [3.8, 4) is 33.4 Å². The summed E-state index contributed by atoms with van der Waals surface area (Å²) in [5.74, 6) is 0. The average Bonchev–Trinajstić information content (AvgIpc) is 3.48. The van der Waals surface area contributed by atoms with Crippen LogP contribution < -0.4 is 4.90 Å². The third kappa shape index (κ3) is 4.22. The van der Waals surface area contributed by atoms with Crippen LogP contribution in [0.25, 0.3) is 44.2 Å². The molecule has 0 heterocycles. The van der Waals surface area contributed by atoms with Gasteiger partial charge in [0.15, 0.2) is 0 Å². The molecule has 0 aliphatic heterocycles. The summed E-state index contributed by atoms with van der Waals surface area (Å²) >= 11 is 3.87. The molecule has 48 heavy (non-hydrogen) atoms. The van der Waals surface area contributed by atoms with Gasteiger partial charge in [-0.1, -0.05) is 141 Å². The number of nitrogens with zero attached hydrogens (tertiary/aromatic N) is 1. The maximum absolute atomic E-state index is 3.87. The van der Waals surface area contributed by atoms with Gasteiger partial charge >= 0.3 is 0 Å². The minimum Gasteiger partial charge on any atom is -0.310 e. The van der Waals surface area contributed by atoms with Crippen molar-refractivity contribution >= 4 is 43.8 Å². The van der Waals surface area contributed by atoms with Gasteiger partial charge < -0.3 is 4.90 Å². The van der Waals surface area contributed by atoms with Crippen molar-refractivity contribution in [3.05, 3.63) is 172 Å². The molecular formula is C46H36BrN. The van der Waals surface area contributed by atoms with Crippen molar-refractivity contribution in [1.82, 2.24) is 0 Å². The van der Waals surface area contributed by atoms with Gasteiger partial charge in [0, 0.05) is 32.4 Å². The number of rotatable bonds is 4. The Morgan fingerprint density at radius 1 is 0.417 bits per heavy atom. The lowest BCUT2D eigenvalue weighted by molar-refractivity contribution is 0.660. The summed E-state index contributed by atoms with van der Waals surface area (Å²) in [6, 6.07) is 53.8. The van der Waals surface area contributed by atoms with E-state index in [1.165, 1.54) is 72.1 Å². The van der Waals surface area contributed by atoms with E-state index in [1.54, 1.807) is 0 Å². The molecule has 0 fully saturated rings. The molecule has 0 atom stereocenters. The first kappa shape index (κ1) is 29.2. The van der Waals surface area contributed by atoms with E-state index in [9.17, 15) is 0 Å². The maximum atomic E-state index is 3.87. The molecule has 2 aliphatic carbocycles. The molecule has 0 aromatic heterocycles. The van der Waals surface area contributed by atoms with Gasteiger partial charge in [-0.25, -0.2) is 0 Å². The summed E-state index contributed by atoms with van der Waals surface area (Å²) in [7, 11) is 0. The molecular weight excluding hydrogens is 646 g/mol. The lowest BCUT2D eigenvalue weighted by atomic mass is 9.81. The van der Waals surface area contributed by atoms with Gasteiger partial charge in [0.05, 0.1) is 0 Å². The van der Waals surface area contributed by atoms with Crippen LogP contribution in [-0.2, 0) is 10.8 Å². The van der Waals surface area contributed by atoms with Gasteiger partial charge in [-0.05, 0) is 115 Å². The first-order valence-corrected chi connectivity index (χ1v) is 17.6. The van der Waals surface area contributed by atoms with Crippen LogP contribution in [0.3, 0.4) is 0 Å². The quantitative estimate of drug-likeness (QED) is 0.179. The third-order valence-electron chi connectivity index (χ3n) is 10.9. The maximum Gasteiger partial charge on any atom is 0.0465 e. The van der Waals surface area contributed by atoms with Crippen molar-refractivity contribution < 1.29 is 0 Å². The topological polar surface area (TPSA) is 3.24 Å². The van der Waals surface area contributed by atoms with Gasteiger partial charge in [-0.2, -0.15) is 0 Å². The lowest BCUT2D eigenvalue weighted by Gasteiger charge is -2.28. The summed E-state index contributed by atoms with van der Waals surface area (Å²) in [4.78, 5) is 2.38. The Morgan fingerprint density at radius 3 is 1.77 bits per heavy atom. The van der Waals surface area contributed by atoms with E-state index in [1.807, 2.05) is 0 Å². The van der Waals surface area contributed by atoms with Gasteiger partial charge in [0.1, 0.15) is 0 Å². The van der Waals surface area contributed by atoms with Gasteiger partial charge in [0.25, 0.3) is 0 Å². The number of hydrogen-bond acceptors (Lipinski definition) is 1. The Hall–Kier alpha value is -4.92. The molecule has 232 valence electrons. The Morgan fingerprint density at radius 2 is 0.979 bits per heavy atom. The molecule has 0 saturated carbocycles. The molecule has 0 bridgehead atoms. The monoisotopic (exact) mass is 681 g/mol. The van der Waals surface area contributed by atoms with Crippen molar-refractivity contribution in [3.63, 3.8) is 0 Å². The lowest BCUT2D eigenvalue weighted by Crippen LogP contribution is -2.16. The minimum atomic E-state index is -0.0989. The fourth-order valence-corrected chi connectivity index (χ4v) is 8.95. The van der Waals surface area contributed by atoms with Crippen LogP contribution in [0.2, 0.25) is 0 Å². The van der Waals surface area contributed by atoms with Crippen molar-refractivity contribution in [2.75, 3.05) is 4.90 Å². The minimum absolute atomic E-state index is 0.0580. The van der Waals surface area contributed by atoms with Crippen molar-refractivity contribution in [1.29, 1.82) is 0 Å². The first-order chi connectivity index (χ1) is 23.2. The molecule has 7 aromatic carbocycles. The molecule has 2 heteroatoms. The fourth-order valence-electron chi connectivity index (χ4n) is 8.38. The molecule has 1 nitrogen and oxygen atoms in total. The smallest absolute Gasteiger partial charge is 0.0465 e. The highest BCUT2D eigenvalue weighted by molar-refractivity contribution is 9.10. The Labute approximate surface area is 291 Å². The normalized spacial score (nSPS) is 14.7. The Bertz CT molecular complexity index is 2400. The van der Waals surface area contributed by atoms with Gasteiger partial charge in [-0.3, -0.25) is 0 Å². The zero-order valence-electron chi connectivity index (χ0n) is 27.7. The molecule has 7 aromatic rings. The molecule has 9 rings (SSSR count). The van der Waals surface area contributed by atoms with E-state index in [0.717, 1.165) is 15.8 Å². The zero-order chi connectivity index (χ0) is 32.8. The molecule has 0 amide bonds. The number of benzene rings is 7. The van der Waals surface area contributed by atoms with Crippen LogP contribution in [0.1, 0.15) is 49.9 Å². The van der Waals surface area contributed by atoms with Crippen LogP contribution in [0.4, 0.5) is 17.1 Å². The Kier molecular flexibility index (Phi) is 6.42. The first-order valence-electron chi connectivity index (χ1n) is 16.8. The second-order valence-corrected chi connectivity index (χ2v) is 15.2. The predicted molar refractivity (Wildman–Crippen MR) is 207 cm³/mol. The third-order valence-corrected chi connectivity index (χ3v) is 11.6. The van der Waals surface area contributed by atoms with E-state index in [2.05, 4.69) is 194 Å². The number of halogens is 1. The number of anilines is 3. The molecule has 0 unspecified atom stereocenters. The van der Waals surface area contributed by atoms with E-state index in [4.69, 9.17) is 0 Å². The van der Waals surface area contributed by atoms with Crippen LogP contribution in [-0.4, -0.2) is 0 Å². The zero-order valence-corrected chi connectivity index (χ0v) is 29.3. The summed E-state index contributed by atoms with van der Waals surface area (Å²) in [6.45, 7) is 9.42. The molecule has 0 saturated heterocycles. The van der Waals surface area contributed by atoms with Crippen LogP contribution in [0.5, 0.6) is 0 Å². The van der Waals surface area contributed by atoms with E-state index in [-0.39, 0.29) is 10.8 Å². The van der Waals surface area contributed by atoms with E-state index in [0.29, 0.717) is 0 Å².